The van der Waals surface area contributed by atoms with E-state index in [2.05, 4.69) is 10.2 Å². The zero-order valence-corrected chi connectivity index (χ0v) is 16.9. The van der Waals surface area contributed by atoms with Crippen molar-refractivity contribution in [3.05, 3.63) is 59.3 Å². The fourth-order valence-corrected chi connectivity index (χ4v) is 3.81. The molecule has 0 saturated heterocycles. The van der Waals surface area contributed by atoms with E-state index < -0.39 is 0 Å². The van der Waals surface area contributed by atoms with Gasteiger partial charge < -0.3 is 9.73 Å². The van der Waals surface area contributed by atoms with Gasteiger partial charge in [0.25, 0.3) is 5.91 Å². The number of carbonyl (C=O) groups is 1. The van der Waals surface area contributed by atoms with Crippen LogP contribution in [-0.2, 0) is 13.1 Å². The number of benzene rings is 1. The van der Waals surface area contributed by atoms with Crippen molar-refractivity contribution in [1.29, 1.82) is 0 Å². The van der Waals surface area contributed by atoms with Gasteiger partial charge in [0.15, 0.2) is 5.76 Å². The Morgan fingerprint density at radius 2 is 2.00 bits per heavy atom. The molecule has 1 aromatic heterocycles. The number of nitrogens with zero attached hydrogens (tertiary/aromatic N) is 1. The van der Waals surface area contributed by atoms with Crippen LogP contribution in [0.5, 0.6) is 0 Å². The average molecular weight is 387 g/mol. The first kappa shape index (κ1) is 20.6. The minimum absolute atomic E-state index is 0.118. The number of rotatable bonds is 8. The number of amides is 1. The molecule has 1 heterocycles. The lowest BCUT2D eigenvalue weighted by Crippen LogP contribution is -2.35. The summed E-state index contributed by atoms with van der Waals surface area (Å²) in [6.07, 6.45) is 6.91. The highest BCUT2D eigenvalue weighted by molar-refractivity contribution is 5.91. The number of hydrogen-bond acceptors (Lipinski definition) is 3. The maximum Gasteiger partial charge on any atom is 0.287 e. The van der Waals surface area contributed by atoms with E-state index in [0.717, 1.165) is 30.6 Å². The van der Waals surface area contributed by atoms with Crippen molar-refractivity contribution in [3.8, 4) is 0 Å². The van der Waals surface area contributed by atoms with E-state index in [9.17, 15) is 9.18 Å². The van der Waals surface area contributed by atoms with Gasteiger partial charge in [0.1, 0.15) is 11.6 Å². The van der Waals surface area contributed by atoms with E-state index in [1.807, 2.05) is 26.0 Å². The van der Waals surface area contributed by atoms with Crippen molar-refractivity contribution in [1.82, 2.24) is 10.2 Å². The standard InChI is InChI=1S/C23H31FN2O2/c1-3-17(2)25-23(27)22-13-12-21(28-22)16-26(20-10-5-4-6-11-20)15-18-8-7-9-19(24)14-18/h7-9,12-14,17,20H,3-6,10-11,15-16H2,1-2H3,(H,25,27). The molecular weight excluding hydrogens is 355 g/mol. The molecule has 4 nitrogen and oxygen atoms in total. The first-order chi connectivity index (χ1) is 13.5. The molecule has 0 bridgehead atoms. The van der Waals surface area contributed by atoms with Crippen LogP contribution in [0.15, 0.2) is 40.8 Å². The molecule has 1 aliphatic carbocycles. The second kappa shape index (κ2) is 9.87. The largest absolute Gasteiger partial charge is 0.455 e. The van der Waals surface area contributed by atoms with Crippen molar-refractivity contribution in [3.63, 3.8) is 0 Å². The molecule has 1 fully saturated rings. The van der Waals surface area contributed by atoms with Crippen LogP contribution in [0.2, 0.25) is 0 Å². The molecule has 1 aromatic carbocycles. The van der Waals surface area contributed by atoms with E-state index in [4.69, 9.17) is 4.42 Å². The second-order valence-electron chi connectivity index (χ2n) is 7.88. The lowest BCUT2D eigenvalue weighted by molar-refractivity contribution is 0.0901. The Bertz CT molecular complexity index is 767. The smallest absolute Gasteiger partial charge is 0.287 e. The lowest BCUT2D eigenvalue weighted by Gasteiger charge is -2.34. The summed E-state index contributed by atoms with van der Waals surface area (Å²) < 4.78 is 19.5. The zero-order chi connectivity index (χ0) is 19.9. The summed E-state index contributed by atoms with van der Waals surface area (Å²) in [5.74, 6) is 0.749. The molecule has 1 unspecified atom stereocenters. The normalized spacial score (nSPS) is 16.3. The molecule has 1 N–H and O–H groups in total. The highest BCUT2D eigenvalue weighted by Crippen LogP contribution is 2.26. The molecule has 3 rings (SSSR count). The minimum atomic E-state index is -0.205. The topological polar surface area (TPSA) is 45.5 Å². The first-order valence-electron chi connectivity index (χ1n) is 10.4. The Morgan fingerprint density at radius 1 is 1.21 bits per heavy atom. The Morgan fingerprint density at radius 3 is 2.71 bits per heavy atom. The van der Waals surface area contributed by atoms with Crippen LogP contribution in [0.3, 0.4) is 0 Å². The molecule has 152 valence electrons. The Hall–Kier alpha value is -2.14. The monoisotopic (exact) mass is 386 g/mol. The fourth-order valence-electron chi connectivity index (χ4n) is 3.81. The third-order valence-corrected chi connectivity index (χ3v) is 5.60. The lowest BCUT2D eigenvalue weighted by atomic mass is 9.93. The summed E-state index contributed by atoms with van der Waals surface area (Å²) in [5.41, 5.74) is 0.965. The zero-order valence-electron chi connectivity index (χ0n) is 16.9. The summed E-state index contributed by atoms with van der Waals surface area (Å²) in [6, 6.07) is 11.0. The molecule has 1 amide bonds. The van der Waals surface area contributed by atoms with E-state index in [-0.39, 0.29) is 17.8 Å². The van der Waals surface area contributed by atoms with Gasteiger partial charge in [-0.1, -0.05) is 38.3 Å². The molecule has 1 saturated carbocycles. The number of carbonyl (C=O) groups excluding carboxylic acids is 1. The number of furan rings is 1. The summed E-state index contributed by atoms with van der Waals surface area (Å²) in [6.45, 7) is 5.31. The van der Waals surface area contributed by atoms with Crippen molar-refractivity contribution >= 4 is 5.91 Å². The fraction of sp³-hybridized carbons (Fsp3) is 0.522. The molecule has 5 heteroatoms. The van der Waals surface area contributed by atoms with Gasteiger partial charge in [-0.3, -0.25) is 9.69 Å². The number of halogens is 1. The van der Waals surface area contributed by atoms with Gasteiger partial charge >= 0.3 is 0 Å². The van der Waals surface area contributed by atoms with Crippen LogP contribution in [0.1, 0.15) is 74.3 Å². The summed E-state index contributed by atoms with van der Waals surface area (Å²) in [5, 5.41) is 2.93. The maximum atomic E-state index is 13.6. The van der Waals surface area contributed by atoms with Crippen LogP contribution >= 0.6 is 0 Å². The highest BCUT2D eigenvalue weighted by atomic mass is 19.1. The molecule has 1 atom stereocenters. The third kappa shape index (κ3) is 5.68. The van der Waals surface area contributed by atoms with Gasteiger partial charge in [0, 0.05) is 18.6 Å². The summed E-state index contributed by atoms with van der Waals surface area (Å²) in [7, 11) is 0. The van der Waals surface area contributed by atoms with Crippen molar-refractivity contribution < 1.29 is 13.6 Å². The summed E-state index contributed by atoms with van der Waals surface area (Å²) in [4.78, 5) is 14.6. The van der Waals surface area contributed by atoms with Gasteiger partial charge in [-0.15, -0.1) is 0 Å². The SMILES string of the molecule is CCC(C)NC(=O)c1ccc(CN(Cc2cccc(F)c2)C2CCCCC2)o1. The number of nitrogens with one attached hydrogen (secondary N) is 1. The highest BCUT2D eigenvalue weighted by Gasteiger charge is 2.23. The molecule has 1 aliphatic rings. The van der Waals surface area contributed by atoms with E-state index in [1.165, 1.54) is 25.3 Å². The molecule has 0 aliphatic heterocycles. The quantitative estimate of drug-likeness (QED) is 0.671. The maximum absolute atomic E-state index is 13.6. The van der Waals surface area contributed by atoms with E-state index in [0.29, 0.717) is 24.9 Å². The Labute approximate surface area is 167 Å². The van der Waals surface area contributed by atoms with E-state index >= 15 is 0 Å². The first-order valence-corrected chi connectivity index (χ1v) is 10.4. The van der Waals surface area contributed by atoms with Crippen LogP contribution in [0.4, 0.5) is 4.39 Å². The Balaban J connectivity index is 1.71. The van der Waals surface area contributed by atoms with Crippen molar-refractivity contribution in [2.75, 3.05) is 0 Å². The van der Waals surface area contributed by atoms with Crippen LogP contribution in [-0.4, -0.2) is 22.9 Å². The van der Waals surface area contributed by atoms with Gasteiger partial charge in [-0.2, -0.15) is 0 Å². The van der Waals surface area contributed by atoms with Crippen molar-refractivity contribution in [2.24, 2.45) is 0 Å². The van der Waals surface area contributed by atoms with Gasteiger partial charge in [-0.05, 0) is 56.0 Å². The third-order valence-electron chi connectivity index (χ3n) is 5.60. The van der Waals surface area contributed by atoms with E-state index in [1.54, 1.807) is 18.2 Å². The predicted molar refractivity (Wildman–Crippen MR) is 108 cm³/mol. The average Bonchev–Trinajstić information content (AvgIpc) is 3.17. The second-order valence-corrected chi connectivity index (χ2v) is 7.88. The van der Waals surface area contributed by atoms with Crippen LogP contribution in [0, 0.1) is 5.82 Å². The van der Waals surface area contributed by atoms with Gasteiger partial charge in [-0.25, -0.2) is 4.39 Å². The molecule has 2 aromatic rings. The molecular formula is C23H31FN2O2. The predicted octanol–water partition coefficient (Wildman–Crippen LogP) is 5.28. The molecule has 0 spiro atoms. The minimum Gasteiger partial charge on any atom is -0.455 e. The van der Waals surface area contributed by atoms with Crippen LogP contribution < -0.4 is 5.32 Å². The van der Waals surface area contributed by atoms with Crippen LogP contribution in [0.25, 0.3) is 0 Å². The van der Waals surface area contributed by atoms with Gasteiger partial charge in [0.2, 0.25) is 0 Å². The molecule has 28 heavy (non-hydrogen) atoms. The summed E-state index contributed by atoms with van der Waals surface area (Å²) >= 11 is 0. The van der Waals surface area contributed by atoms with Crippen molar-refractivity contribution in [2.45, 2.75) is 77.5 Å². The van der Waals surface area contributed by atoms with Gasteiger partial charge in [0.05, 0.1) is 6.54 Å². The number of hydrogen-bond donors (Lipinski definition) is 1. The molecule has 0 radical (unpaired) electrons. The Kier molecular flexibility index (Phi) is 7.26.